The molecule has 0 fully saturated rings. The van der Waals surface area contributed by atoms with Crippen LogP contribution in [-0.2, 0) is 30.4 Å². The number of pyridine rings is 1. The van der Waals surface area contributed by atoms with Crippen LogP contribution < -0.4 is 5.32 Å². The van der Waals surface area contributed by atoms with Gasteiger partial charge in [0, 0.05) is 23.7 Å². The zero-order valence-electron chi connectivity index (χ0n) is 13.0. The number of rotatable bonds is 3. The number of nitrogens with one attached hydrogen (secondary N) is 1. The van der Waals surface area contributed by atoms with Gasteiger partial charge in [-0.05, 0) is 31.4 Å². The third-order valence-corrected chi connectivity index (χ3v) is 4.26. The Labute approximate surface area is 140 Å². The first-order chi connectivity index (χ1) is 11.9. The molecule has 0 bridgehead atoms. The Bertz CT molecular complexity index is 956. The van der Waals surface area contributed by atoms with Crippen molar-refractivity contribution in [2.24, 2.45) is 0 Å². The molecule has 3 aromatic heterocycles. The first kappa shape index (κ1) is 15.7. The van der Waals surface area contributed by atoms with Crippen molar-refractivity contribution in [2.75, 3.05) is 5.32 Å². The van der Waals surface area contributed by atoms with E-state index >= 15 is 0 Å². The molecule has 1 aliphatic carbocycles. The summed E-state index contributed by atoms with van der Waals surface area (Å²) in [6.45, 7) is -0.260. The lowest BCUT2D eigenvalue weighted by Gasteiger charge is -2.09. The molecular formula is C16H14F3N5O. The van der Waals surface area contributed by atoms with Crippen molar-refractivity contribution >= 4 is 17.4 Å². The SMILES string of the molecule is O=C(Cn1nc(C(F)(F)F)c2c1CCC2)Nc1cccc2nccn12. The maximum Gasteiger partial charge on any atom is 0.435 e. The van der Waals surface area contributed by atoms with Gasteiger partial charge >= 0.3 is 6.18 Å². The number of imidazole rings is 1. The van der Waals surface area contributed by atoms with Gasteiger partial charge in [0.05, 0.1) is 0 Å². The van der Waals surface area contributed by atoms with Gasteiger partial charge < -0.3 is 5.32 Å². The fourth-order valence-electron chi connectivity index (χ4n) is 3.24. The van der Waals surface area contributed by atoms with E-state index in [1.165, 1.54) is 4.68 Å². The summed E-state index contributed by atoms with van der Waals surface area (Å²) < 4.78 is 42.1. The number of alkyl halides is 3. The quantitative estimate of drug-likeness (QED) is 0.791. The number of anilines is 1. The van der Waals surface area contributed by atoms with Crippen LogP contribution in [0.2, 0.25) is 0 Å². The van der Waals surface area contributed by atoms with Gasteiger partial charge in [-0.25, -0.2) is 4.98 Å². The van der Waals surface area contributed by atoms with Crippen molar-refractivity contribution in [2.45, 2.75) is 32.0 Å². The van der Waals surface area contributed by atoms with Crippen LogP contribution in [0, 0.1) is 0 Å². The second-order valence-electron chi connectivity index (χ2n) is 5.90. The van der Waals surface area contributed by atoms with Crippen molar-refractivity contribution < 1.29 is 18.0 Å². The minimum absolute atomic E-state index is 0.219. The summed E-state index contributed by atoms with van der Waals surface area (Å²) in [6, 6.07) is 5.22. The van der Waals surface area contributed by atoms with Crippen LogP contribution >= 0.6 is 0 Å². The predicted molar refractivity (Wildman–Crippen MR) is 83.1 cm³/mol. The molecule has 9 heteroatoms. The van der Waals surface area contributed by atoms with Gasteiger partial charge in [-0.3, -0.25) is 13.9 Å². The molecule has 25 heavy (non-hydrogen) atoms. The van der Waals surface area contributed by atoms with Gasteiger partial charge in [-0.2, -0.15) is 18.3 Å². The second-order valence-corrected chi connectivity index (χ2v) is 5.90. The van der Waals surface area contributed by atoms with Crippen LogP contribution in [-0.4, -0.2) is 25.1 Å². The number of hydrogen-bond acceptors (Lipinski definition) is 3. The van der Waals surface area contributed by atoms with E-state index in [0.29, 0.717) is 36.4 Å². The normalized spacial score (nSPS) is 14.0. The Kier molecular flexibility index (Phi) is 3.52. The molecule has 0 atom stereocenters. The molecule has 1 N–H and O–H groups in total. The third-order valence-electron chi connectivity index (χ3n) is 4.26. The molecule has 130 valence electrons. The van der Waals surface area contributed by atoms with Crippen LogP contribution in [0.3, 0.4) is 0 Å². The Hall–Kier alpha value is -2.84. The minimum Gasteiger partial charge on any atom is -0.310 e. The summed E-state index contributed by atoms with van der Waals surface area (Å²) in [5.74, 6) is 0.0620. The monoisotopic (exact) mass is 349 g/mol. The van der Waals surface area contributed by atoms with Gasteiger partial charge in [-0.1, -0.05) is 6.07 Å². The van der Waals surface area contributed by atoms with Gasteiger partial charge in [0.2, 0.25) is 5.91 Å². The molecule has 0 saturated carbocycles. The fraction of sp³-hybridized carbons (Fsp3) is 0.312. The Balaban J connectivity index is 1.59. The number of fused-ring (bicyclic) bond motifs is 2. The molecule has 1 amide bonds. The van der Waals surface area contributed by atoms with E-state index in [0.717, 1.165) is 0 Å². The third kappa shape index (κ3) is 2.75. The van der Waals surface area contributed by atoms with E-state index in [-0.39, 0.29) is 12.1 Å². The highest BCUT2D eigenvalue weighted by Crippen LogP contribution is 2.36. The zero-order valence-corrected chi connectivity index (χ0v) is 13.0. The number of nitrogens with zero attached hydrogens (tertiary/aromatic N) is 4. The van der Waals surface area contributed by atoms with Crippen molar-refractivity contribution in [1.29, 1.82) is 0 Å². The van der Waals surface area contributed by atoms with Gasteiger partial charge in [0.15, 0.2) is 5.69 Å². The molecular weight excluding hydrogens is 335 g/mol. The number of halogens is 3. The molecule has 1 aliphatic rings. The lowest BCUT2D eigenvalue weighted by Crippen LogP contribution is -2.22. The van der Waals surface area contributed by atoms with E-state index in [4.69, 9.17) is 0 Å². The maximum absolute atomic E-state index is 13.1. The molecule has 0 unspecified atom stereocenters. The smallest absolute Gasteiger partial charge is 0.310 e. The zero-order chi connectivity index (χ0) is 17.6. The molecule has 3 heterocycles. The first-order valence-electron chi connectivity index (χ1n) is 7.81. The molecule has 0 aliphatic heterocycles. The van der Waals surface area contributed by atoms with Crippen LogP contribution in [0.15, 0.2) is 30.6 Å². The summed E-state index contributed by atoms with van der Waals surface area (Å²) in [7, 11) is 0. The summed E-state index contributed by atoms with van der Waals surface area (Å²) in [4.78, 5) is 16.4. The summed E-state index contributed by atoms with van der Waals surface area (Å²) in [5, 5.41) is 6.35. The summed E-state index contributed by atoms with van der Waals surface area (Å²) >= 11 is 0. The Morgan fingerprint density at radius 3 is 2.92 bits per heavy atom. The average molecular weight is 349 g/mol. The van der Waals surface area contributed by atoms with E-state index in [1.807, 2.05) is 0 Å². The number of carbonyl (C=O) groups excluding carboxylic acids is 1. The molecule has 0 saturated heterocycles. The van der Waals surface area contributed by atoms with Gasteiger partial charge in [-0.15, -0.1) is 0 Å². The van der Waals surface area contributed by atoms with Crippen molar-refractivity contribution in [3.8, 4) is 0 Å². The highest BCUT2D eigenvalue weighted by atomic mass is 19.4. The van der Waals surface area contributed by atoms with E-state index in [2.05, 4.69) is 15.4 Å². The van der Waals surface area contributed by atoms with Crippen LogP contribution in [0.25, 0.3) is 5.65 Å². The van der Waals surface area contributed by atoms with Crippen molar-refractivity contribution in [3.05, 3.63) is 47.5 Å². The average Bonchev–Trinajstić information content (AvgIpc) is 3.23. The number of carbonyl (C=O) groups is 1. The molecule has 0 aromatic carbocycles. The lowest BCUT2D eigenvalue weighted by molar-refractivity contribution is -0.142. The minimum atomic E-state index is -4.50. The summed E-state index contributed by atoms with van der Waals surface area (Å²) in [6.07, 6.45) is 0.285. The largest absolute Gasteiger partial charge is 0.435 e. The van der Waals surface area contributed by atoms with E-state index < -0.39 is 17.8 Å². The first-order valence-corrected chi connectivity index (χ1v) is 7.81. The van der Waals surface area contributed by atoms with Gasteiger partial charge in [0.1, 0.15) is 18.0 Å². The van der Waals surface area contributed by atoms with E-state index in [1.54, 1.807) is 35.0 Å². The van der Waals surface area contributed by atoms with E-state index in [9.17, 15) is 18.0 Å². The Morgan fingerprint density at radius 2 is 2.12 bits per heavy atom. The highest BCUT2D eigenvalue weighted by molar-refractivity contribution is 5.90. The van der Waals surface area contributed by atoms with Crippen LogP contribution in [0.4, 0.5) is 19.0 Å². The molecule has 6 nitrogen and oxygen atoms in total. The number of aromatic nitrogens is 4. The summed E-state index contributed by atoms with van der Waals surface area (Å²) in [5.41, 5.74) is 0.516. The maximum atomic E-state index is 13.1. The molecule has 0 radical (unpaired) electrons. The Morgan fingerprint density at radius 1 is 1.28 bits per heavy atom. The molecule has 3 aromatic rings. The standard InChI is InChI=1S/C16H14F3N5O/c17-16(18,19)15-10-3-1-4-11(10)24(22-15)9-14(25)21-13-6-2-5-12-20-7-8-23(12)13/h2,5-8H,1,3-4,9H2,(H,21,25). The fourth-order valence-corrected chi connectivity index (χ4v) is 3.24. The number of amides is 1. The van der Waals surface area contributed by atoms with Crippen molar-refractivity contribution in [1.82, 2.24) is 19.2 Å². The van der Waals surface area contributed by atoms with Crippen LogP contribution in [0.5, 0.6) is 0 Å². The second kappa shape index (κ2) is 5.61. The van der Waals surface area contributed by atoms with Crippen molar-refractivity contribution in [3.63, 3.8) is 0 Å². The van der Waals surface area contributed by atoms with Crippen LogP contribution in [0.1, 0.15) is 23.4 Å². The number of hydrogen-bond donors (Lipinski definition) is 1. The lowest BCUT2D eigenvalue weighted by atomic mass is 10.2. The molecule has 0 spiro atoms. The van der Waals surface area contributed by atoms with Gasteiger partial charge in [0.25, 0.3) is 0 Å². The highest BCUT2D eigenvalue weighted by Gasteiger charge is 2.40. The molecule has 4 rings (SSSR count). The predicted octanol–water partition coefficient (Wildman–Crippen LogP) is 2.68. The topological polar surface area (TPSA) is 64.2 Å².